The highest BCUT2D eigenvalue weighted by molar-refractivity contribution is 5.92. The Morgan fingerprint density at radius 2 is 2.42 bits per heavy atom. The number of rotatable bonds is 5. The summed E-state index contributed by atoms with van der Waals surface area (Å²) in [6, 6.07) is 1.60. The van der Waals surface area contributed by atoms with Crippen LogP contribution in [0, 0.1) is 5.41 Å². The minimum absolute atomic E-state index is 0.0479. The summed E-state index contributed by atoms with van der Waals surface area (Å²) < 4.78 is 5.64. The summed E-state index contributed by atoms with van der Waals surface area (Å²) in [7, 11) is 0. The van der Waals surface area contributed by atoms with Crippen molar-refractivity contribution >= 4 is 5.91 Å². The molecule has 1 heterocycles. The third-order valence-corrected chi connectivity index (χ3v) is 4.31. The largest absolute Gasteiger partial charge is 0.394 e. The number of amides is 1. The molecule has 6 heteroatoms. The zero-order valence-corrected chi connectivity index (χ0v) is 11.6. The van der Waals surface area contributed by atoms with Gasteiger partial charge in [-0.15, -0.1) is 0 Å². The average molecular weight is 267 g/mol. The molecule has 1 saturated carbocycles. The second kappa shape index (κ2) is 4.94. The van der Waals surface area contributed by atoms with Crippen molar-refractivity contribution in [2.75, 3.05) is 13.2 Å². The Bertz CT molecular complexity index is 444. The number of nitrogens with zero attached hydrogens (tertiary/aromatic N) is 1. The Labute approximate surface area is 112 Å². The van der Waals surface area contributed by atoms with E-state index in [1.807, 2.05) is 20.8 Å². The third kappa shape index (κ3) is 2.15. The summed E-state index contributed by atoms with van der Waals surface area (Å²) in [4.78, 5) is 12.1. The molecule has 0 radical (unpaired) electrons. The summed E-state index contributed by atoms with van der Waals surface area (Å²) in [5.74, 6) is -0.255. The van der Waals surface area contributed by atoms with Crippen LogP contribution in [-0.2, 0) is 4.74 Å². The predicted molar refractivity (Wildman–Crippen MR) is 69.7 cm³/mol. The second-order valence-corrected chi connectivity index (χ2v) is 5.53. The number of carbonyl (C=O) groups is 1. The summed E-state index contributed by atoms with van der Waals surface area (Å²) in [5, 5.41) is 19.0. The van der Waals surface area contributed by atoms with Gasteiger partial charge in [-0.2, -0.15) is 5.10 Å². The van der Waals surface area contributed by atoms with E-state index in [9.17, 15) is 9.90 Å². The lowest BCUT2D eigenvalue weighted by Crippen LogP contribution is -2.74. The van der Waals surface area contributed by atoms with E-state index >= 15 is 0 Å². The van der Waals surface area contributed by atoms with E-state index in [1.165, 1.54) is 6.20 Å². The quantitative estimate of drug-likeness (QED) is 0.733. The van der Waals surface area contributed by atoms with Gasteiger partial charge in [-0.3, -0.25) is 9.89 Å². The molecule has 1 aromatic rings. The van der Waals surface area contributed by atoms with Crippen LogP contribution in [0.1, 0.15) is 37.7 Å². The van der Waals surface area contributed by atoms with Crippen molar-refractivity contribution in [1.29, 1.82) is 0 Å². The van der Waals surface area contributed by atoms with E-state index in [0.717, 1.165) is 0 Å². The Kier molecular flexibility index (Phi) is 3.64. The maximum Gasteiger partial charge on any atom is 0.269 e. The Morgan fingerprint density at radius 1 is 1.68 bits per heavy atom. The topological polar surface area (TPSA) is 87.2 Å². The SMILES string of the molecule is CCO[C@H]1C[C@](CO)(NC(=O)c2ccn[nH]2)C1(C)C. The highest BCUT2D eigenvalue weighted by atomic mass is 16.5. The van der Waals surface area contributed by atoms with Gasteiger partial charge in [-0.25, -0.2) is 0 Å². The molecule has 0 unspecified atom stereocenters. The number of aliphatic hydroxyl groups is 1. The second-order valence-electron chi connectivity index (χ2n) is 5.53. The molecule has 0 spiro atoms. The minimum atomic E-state index is -0.644. The van der Waals surface area contributed by atoms with Gasteiger partial charge in [0.25, 0.3) is 5.91 Å². The first-order valence-corrected chi connectivity index (χ1v) is 6.51. The van der Waals surface area contributed by atoms with Crippen LogP contribution >= 0.6 is 0 Å². The van der Waals surface area contributed by atoms with Crippen LogP contribution in [0.5, 0.6) is 0 Å². The van der Waals surface area contributed by atoms with Crippen molar-refractivity contribution in [2.24, 2.45) is 5.41 Å². The van der Waals surface area contributed by atoms with Gasteiger partial charge in [0, 0.05) is 24.6 Å². The molecular formula is C13H21N3O3. The highest BCUT2D eigenvalue weighted by Crippen LogP contribution is 2.51. The van der Waals surface area contributed by atoms with Crippen LogP contribution < -0.4 is 5.32 Å². The lowest BCUT2D eigenvalue weighted by Gasteiger charge is -2.60. The summed E-state index contributed by atoms with van der Waals surface area (Å²) >= 11 is 0. The molecule has 1 aliphatic carbocycles. The fourth-order valence-electron chi connectivity index (χ4n) is 2.67. The first kappa shape index (κ1) is 14.0. The Hall–Kier alpha value is -1.40. The number of aromatic nitrogens is 2. The van der Waals surface area contributed by atoms with E-state index < -0.39 is 5.54 Å². The molecule has 2 atom stereocenters. The van der Waals surface area contributed by atoms with Gasteiger partial charge in [0.05, 0.1) is 18.2 Å². The molecule has 0 aromatic carbocycles. The van der Waals surface area contributed by atoms with Crippen LogP contribution in [0.15, 0.2) is 12.3 Å². The van der Waals surface area contributed by atoms with Gasteiger partial charge >= 0.3 is 0 Å². The molecule has 1 amide bonds. The molecule has 1 aliphatic rings. The molecule has 2 rings (SSSR count). The van der Waals surface area contributed by atoms with Gasteiger partial charge in [0.2, 0.25) is 0 Å². The maximum atomic E-state index is 12.1. The molecule has 1 fully saturated rings. The summed E-state index contributed by atoms with van der Waals surface area (Å²) in [6.45, 7) is 6.46. The van der Waals surface area contributed by atoms with E-state index in [1.54, 1.807) is 6.07 Å². The van der Waals surface area contributed by atoms with Gasteiger partial charge < -0.3 is 15.2 Å². The van der Waals surface area contributed by atoms with E-state index in [0.29, 0.717) is 18.7 Å². The molecule has 6 nitrogen and oxygen atoms in total. The zero-order valence-electron chi connectivity index (χ0n) is 11.6. The van der Waals surface area contributed by atoms with Gasteiger partial charge in [-0.05, 0) is 13.0 Å². The number of carbonyl (C=O) groups excluding carboxylic acids is 1. The van der Waals surface area contributed by atoms with Gasteiger partial charge in [0.1, 0.15) is 5.69 Å². The summed E-state index contributed by atoms with van der Waals surface area (Å²) in [5.41, 5.74) is -0.564. The van der Waals surface area contributed by atoms with Crippen LogP contribution in [0.25, 0.3) is 0 Å². The number of aromatic amines is 1. The molecule has 0 aliphatic heterocycles. The molecular weight excluding hydrogens is 246 g/mol. The molecule has 0 saturated heterocycles. The molecule has 1 aromatic heterocycles. The molecule has 3 N–H and O–H groups in total. The maximum absolute atomic E-state index is 12.1. The lowest BCUT2D eigenvalue weighted by molar-refractivity contribution is -0.172. The standard InChI is InChI=1S/C13H21N3O3/c1-4-19-10-7-13(8-17,12(10,2)3)15-11(18)9-5-6-14-16-9/h5-6,10,17H,4,7-8H2,1-3H3,(H,14,16)(H,15,18)/t10-,13+/m0/s1. The third-order valence-electron chi connectivity index (χ3n) is 4.31. The first-order valence-electron chi connectivity index (χ1n) is 6.51. The van der Waals surface area contributed by atoms with Crippen molar-refractivity contribution in [3.63, 3.8) is 0 Å². The number of hydrogen-bond donors (Lipinski definition) is 3. The van der Waals surface area contributed by atoms with Crippen molar-refractivity contribution in [3.8, 4) is 0 Å². The smallest absolute Gasteiger partial charge is 0.269 e. The Balaban J connectivity index is 2.11. The van der Waals surface area contributed by atoms with Crippen LogP contribution in [0.4, 0.5) is 0 Å². The highest BCUT2D eigenvalue weighted by Gasteiger charge is 2.61. The summed E-state index contributed by atoms with van der Waals surface area (Å²) in [6.07, 6.45) is 2.19. The van der Waals surface area contributed by atoms with E-state index in [4.69, 9.17) is 4.74 Å². The molecule has 0 bridgehead atoms. The molecule has 106 valence electrons. The first-order chi connectivity index (χ1) is 8.97. The van der Waals surface area contributed by atoms with Crippen LogP contribution in [0.3, 0.4) is 0 Å². The van der Waals surface area contributed by atoms with Crippen molar-refractivity contribution in [1.82, 2.24) is 15.5 Å². The minimum Gasteiger partial charge on any atom is -0.394 e. The normalized spacial score (nSPS) is 28.7. The zero-order chi connectivity index (χ0) is 14.1. The number of H-pyrrole nitrogens is 1. The average Bonchev–Trinajstić information content (AvgIpc) is 2.90. The van der Waals surface area contributed by atoms with Crippen LogP contribution in [0.2, 0.25) is 0 Å². The number of hydrogen-bond acceptors (Lipinski definition) is 4. The van der Waals surface area contributed by atoms with Crippen LogP contribution in [-0.4, -0.2) is 46.1 Å². The predicted octanol–water partition coefficient (Wildman–Crippen LogP) is 0.706. The van der Waals surface area contributed by atoms with Crippen molar-refractivity contribution < 1.29 is 14.6 Å². The Morgan fingerprint density at radius 3 is 2.89 bits per heavy atom. The number of ether oxygens (including phenoxy) is 1. The monoisotopic (exact) mass is 267 g/mol. The van der Waals surface area contributed by atoms with Crippen molar-refractivity contribution in [3.05, 3.63) is 18.0 Å². The van der Waals surface area contributed by atoms with Crippen molar-refractivity contribution in [2.45, 2.75) is 38.8 Å². The van der Waals surface area contributed by atoms with Gasteiger partial charge in [0.15, 0.2) is 0 Å². The number of nitrogens with one attached hydrogen (secondary N) is 2. The fourth-order valence-corrected chi connectivity index (χ4v) is 2.67. The van der Waals surface area contributed by atoms with E-state index in [-0.39, 0.29) is 24.0 Å². The lowest BCUT2D eigenvalue weighted by atomic mass is 9.54. The van der Waals surface area contributed by atoms with Gasteiger partial charge in [-0.1, -0.05) is 13.8 Å². The van der Waals surface area contributed by atoms with E-state index in [2.05, 4.69) is 15.5 Å². The fraction of sp³-hybridized carbons (Fsp3) is 0.692. The molecule has 19 heavy (non-hydrogen) atoms. The number of aliphatic hydroxyl groups excluding tert-OH is 1.